The quantitative estimate of drug-likeness (QED) is 0.481. The minimum Gasteiger partial charge on any atom is -0.463 e. The Labute approximate surface area is 128 Å². The molecule has 0 unspecified atom stereocenters. The van der Waals surface area contributed by atoms with E-state index in [0.717, 1.165) is 11.1 Å². The van der Waals surface area contributed by atoms with Gasteiger partial charge in [-0.2, -0.15) is 0 Å². The number of methoxy groups -OCH3 is 1. The van der Waals surface area contributed by atoms with Crippen LogP contribution in [0, 0.1) is 6.92 Å². The molecular weight excluding hydrogens is 288 g/mol. The largest absolute Gasteiger partial charge is 0.463 e. The van der Waals surface area contributed by atoms with Gasteiger partial charge in [0.2, 0.25) is 5.76 Å². The summed E-state index contributed by atoms with van der Waals surface area (Å²) in [5.41, 5.74) is 2.00. The number of carbonyl (C=O) groups excluding carboxylic acids is 1. The first-order chi connectivity index (χ1) is 10.1. The fraction of sp³-hybridized carbons (Fsp3) is 0.118. The Morgan fingerprint density at radius 2 is 1.67 bits per heavy atom. The lowest BCUT2D eigenvalue weighted by Gasteiger charge is -2.08. The Bertz CT molecular complexity index is 643. The van der Waals surface area contributed by atoms with Crippen LogP contribution in [0.3, 0.4) is 0 Å². The zero-order valence-corrected chi connectivity index (χ0v) is 12.6. The van der Waals surface area contributed by atoms with Crippen molar-refractivity contribution in [2.24, 2.45) is 0 Å². The van der Waals surface area contributed by atoms with E-state index in [9.17, 15) is 4.79 Å². The lowest BCUT2D eigenvalue weighted by molar-refractivity contribution is -0.138. The number of hydrogen-bond acceptors (Lipinski definition) is 3. The number of rotatable bonds is 4. The van der Waals surface area contributed by atoms with Gasteiger partial charge in [0.25, 0.3) is 0 Å². The molecule has 4 heteroatoms. The first-order valence-electron chi connectivity index (χ1n) is 6.38. The maximum atomic E-state index is 11.8. The zero-order chi connectivity index (χ0) is 15.2. The molecule has 0 aliphatic heterocycles. The van der Waals surface area contributed by atoms with Gasteiger partial charge < -0.3 is 9.47 Å². The molecule has 0 radical (unpaired) electrons. The van der Waals surface area contributed by atoms with Crippen molar-refractivity contribution in [1.82, 2.24) is 0 Å². The molecule has 0 aromatic heterocycles. The van der Waals surface area contributed by atoms with Crippen LogP contribution in [0.4, 0.5) is 0 Å². The highest BCUT2D eigenvalue weighted by atomic mass is 35.5. The van der Waals surface area contributed by atoms with E-state index < -0.39 is 5.97 Å². The maximum Gasteiger partial charge on any atom is 0.373 e. The second-order valence-electron chi connectivity index (χ2n) is 4.47. The third-order valence-corrected chi connectivity index (χ3v) is 3.06. The van der Waals surface area contributed by atoms with E-state index in [2.05, 4.69) is 0 Å². The lowest BCUT2D eigenvalue weighted by atomic mass is 10.1. The number of aryl methyl sites for hydroxylation is 1. The number of benzene rings is 2. The molecule has 2 aromatic rings. The zero-order valence-electron chi connectivity index (χ0n) is 11.8. The molecule has 0 aliphatic rings. The highest BCUT2D eigenvalue weighted by Crippen LogP contribution is 2.19. The summed E-state index contributed by atoms with van der Waals surface area (Å²) in [6.07, 6.45) is 1.64. The smallest absolute Gasteiger partial charge is 0.373 e. The van der Waals surface area contributed by atoms with Gasteiger partial charge >= 0.3 is 5.97 Å². The standard InChI is InChI=1S/C17H15ClO3/c1-12-3-5-13(6-4-12)11-16(17(19)20-2)21-15-9-7-14(18)8-10-15/h3-11H,1-2H3/b16-11-. The third kappa shape index (κ3) is 4.36. The predicted octanol–water partition coefficient (Wildman–Crippen LogP) is 4.24. The summed E-state index contributed by atoms with van der Waals surface area (Å²) >= 11 is 5.82. The Balaban J connectivity index is 2.27. The van der Waals surface area contributed by atoms with Crippen LogP contribution in [0.2, 0.25) is 5.02 Å². The molecule has 0 saturated carbocycles. The predicted molar refractivity (Wildman–Crippen MR) is 83.3 cm³/mol. The molecule has 0 amide bonds. The van der Waals surface area contributed by atoms with Crippen LogP contribution in [-0.4, -0.2) is 13.1 Å². The summed E-state index contributed by atoms with van der Waals surface area (Å²) in [5.74, 6) is 0.0948. The molecule has 0 atom stereocenters. The maximum absolute atomic E-state index is 11.8. The van der Waals surface area contributed by atoms with Crippen molar-refractivity contribution in [2.45, 2.75) is 6.92 Å². The number of carbonyl (C=O) groups is 1. The molecule has 0 N–H and O–H groups in total. The summed E-state index contributed by atoms with van der Waals surface area (Å²) in [6, 6.07) is 14.5. The van der Waals surface area contributed by atoms with E-state index in [1.807, 2.05) is 31.2 Å². The molecule has 0 spiro atoms. The molecule has 0 fully saturated rings. The van der Waals surface area contributed by atoms with Crippen molar-refractivity contribution in [3.05, 3.63) is 70.4 Å². The number of hydrogen-bond donors (Lipinski definition) is 0. The van der Waals surface area contributed by atoms with E-state index in [0.29, 0.717) is 10.8 Å². The van der Waals surface area contributed by atoms with Gasteiger partial charge in [-0.1, -0.05) is 41.4 Å². The molecule has 2 rings (SSSR count). The first kappa shape index (κ1) is 15.1. The highest BCUT2D eigenvalue weighted by Gasteiger charge is 2.12. The van der Waals surface area contributed by atoms with Gasteiger partial charge in [0.05, 0.1) is 7.11 Å². The second-order valence-corrected chi connectivity index (χ2v) is 4.90. The number of ether oxygens (including phenoxy) is 2. The second kappa shape index (κ2) is 6.95. The van der Waals surface area contributed by atoms with Crippen molar-refractivity contribution < 1.29 is 14.3 Å². The Morgan fingerprint density at radius 3 is 2.24 bits per heavy atom. The van der Waals surface area contributed by atoms with Crippen LogP contribution in [0.15, 0.2) is 54.3 Å². The average Bonchev–Trinajstić information content (AvgIpc) is 2.50. The van der Waals surface area contributed by atoms with E-state index >= 15 is 0 Å². The summed E-state index contributed by atoms with van der Waals surface area (Å²) in [6.45, 7) is 2.00. The van der Waals surface area contributed by atoms with Crippen LogP contribution in [0.1, 0.15) is 11.1 Å². The number of esters is 1. The summed E-state index contributed by atoms with van der Waals surface area (Å²) < 4.78 is 10.3. The van der Waals surface area contributed by atoms with E-state index in [4.69, 9.17) is 21.1 Å². The molecule has 108 valence electrons. The summed E-state index contributed by atoms with van der Waals surface area (Å²) in [7, 11) is 1.32. The third-order valence-electron chi connectivity index (χ3n) is 2.80. The van der Waals surface area contributed by atoms with Gasteiger partial charge in [0, 0.05) is 5.02 Å². The van der Waals surface area contributed by atoms with Crippen molar-refractivity contribution in [2.75, 3.05) is 7.11 Å². The molecule has 0 bridgehead atoms. The van der Waals surface area contributed by atoms with Crippen molar-refractivity contribution in [3.8, 4) is 5.75 Å². The fourth-order valence-corrected chi connectivity index (χ4v) is 1.80. The van der Waals surface area contributed by atoms with Crippen molar-refractivity contribution in [3.63, 3.8) is 0 Å². The normalized spacial score (nSPS) is 11.1. The van der Waals surface area contributed by atoms with Crippen molar-refractivity contribution in [1.29, 1.82) is 0 Å². The summed E-state index contributed by atoms with van der Waals surface area (Å²) in [5, 5.41) is 0.601. The lowest BCUT2D eigenvalue weighted by Crippen LogP contribution is -2.10. The Kier molecular flexibility index (Phi) is 5.01. The molecule has 0 saturated heterocycles. The molecule has 3 nitrogen and oxygen atoms in total. The van der Waals surface area contributed by atoms with E-state index in [1.165, 1.54) is 7.11 Å². The van der Waals surface area contributed by atoms with Crippen LogP contribution in [-0.2, 0) is 9.53 Å². The van der Waals surface area contributed by atoms with E-state index in [-0.39, 0.29) is 5.76 Å². The Hall–Kier alpha value is -2.26. The van der Waals surface area contributed by atoms with Crippen LogP contribution in [0.25, 0.3) is 6.08 Å². The van der Waals surface area contributed by atoms with Crippen LogP contribution >= 0.6 is 11.6 Å². The van der Waals surface area contributed by atoms with Gasteiger partial charge in [-0.15, -0.1) is 0 Å². The topological polar surface area (TPSA) is 35.5 Å². The monoisotopic (exact) mass is 302 g/mol. The van der Waals surface area contributed by atoms with Crippen LogP contribution in [0.5, 0.6) is 5.75 Å². The first-order valence-corrected chi connectivity index (χ1v) is 6.76. The summed E-state index contributed by atoms with van der Waals surface area (Å²) in [4.78, 5) is 11.8. The SMILES string of the molecule is COC(=O)/C(=C/c1ccc(C)cc1)Oc1ccc(Cl)cc1. The van der Waals surface area contributed by atoms with Gasteiger partial charge in [0.1, 0.15) is 5.75 Å². The minimum atomic E-state index is -0.537. The van der Waals surface area contributed by atoms with Gasteiger partial charge in [-0.3, -0.25) is 0 Å². The molecular formula is C17H15ClO3. The molecule has 0 heterocycles. The van der Waals surface area contributed by atoms with E-state index in [1.54, 1.807) is 30.3 Å². The Morgan fingerprint density at radius 1 is 1.05 bits per heavy atom. The van der Waals surface area contributed by atoms with Gasteiger partial charge in [-0.05, 0) is 42.8 Å². The van der Waals surface area contributed by atoms with Crippen LogP contribution < -0.4 is 4.74 Å². The average molecular weight is 303 g/mol. The highest BCUT2D eigenvalue weighted by molar-refractivity contribution is 6.30. The molecule has 21 heavy (non-hydrogen) atoms. The number of halogens is 1. The minimum absolute atomic E-state index is 0.115. The van der Waals surface area contributed by atoms with Gasteiger partial charge in [0.15, 0.2) is 0 Å². The fourth-order valence-electron chi connectivity index (χ4n) is 1.67. The molecule has 2 aromatic carbocycles. The van der Waals surface area contributed by atoms with Gasteiger partial charge in [-0.25, -0.2) is 4.79 Å². The van der Waals surface area contributed by atoms with Crippen molar-refractivity contribution >= 4 is 23.6 Å². The molecule has 0 aliphatic carbocycles.